The van der Waals surface area contributed by atoms with Crippen LogP contribution < -0.4 is 15.4 Å². The van der Waals surface area contributed by atoms with E-state index in [4.69, 9.17) is 4.74 Å². The molecule has 6 heteroatoms. The van der Waals surface area contributed by atoms with Crippen LogP contribution in [0, 0.1) is 0 Å². The van der Waals surface area contributed by atoms with Crippen molar-refractivity contribution < 1.29 is 14.3 Å². The predicted molar refractivity (Wildman–Crippen MR) is 98.9 cm³/mol. The average Bonchev–Trinajstić information content (AvgIpc) is 2.70. The second-order valence-electron chi connectivity index (χ2n) is 5.69. The number of nitrogens with zero attached hydrogens (tertiary/aromatic N) is 1. The fourth-order valence-electron chi connectivity index (χ4n) is 2.55. The van der Waals surface area contributed by atoms with Crippen LogP contribution in [0.4, 0.5) is 0 Å². The standard InChI is InChI=1S/C20H19N3O3/c1-26-16-8-6-14(7-9-16)12-22-18(24)13-23-20(25)19-17-5-3-2-4-15(17)10-11-21-19/h2-11H,12-13H2,1H3,(H,22,24)(H,23,25). The van der Waals surface area contributed by atoms with Crippen LogP contribution in [0.5, 0.6) is 5.75 Å². The van der Waals surface area contributed by atoms with Gasteiger partial charge in [-0.1, -0.05) is 36.4 Å². The van der Waals surface area contributed by atoms with Crippen molar-refractivity contribution in [2.24, 2.45) is 0 Å². The lowest BCUT2D eigenvalue weighted by Crippen LogP contribution is -2.37. The van der Waals surface area contributed by atoms with E-state index >= 15 is 0 Å². The largest absolute Gasteiger partial charge is 0.497 e. The van der Waals surface area contributed by atoms with Crippen molar-refractivity contribution >= 4 is 22.6 Å². The van der Waals surface area contributed by atoms with E-state index in [1.165, 1.54) is 0 Å². The number of hydrogen-bond acceptors (Lipinski definition) is 4. The first-order chi connectivity index (χ1) is 12.7. The third kappa shape index (κ3) is 4.16. The minimum Gasteiger partial charge on any atom is -0.497 e. The van der Waals surface area contributed by atoms with Crippen LogP contribution in [0.25, 0.3) is 10.8 Å². The first-order valence-corrected chi connectivity index (χ1v) is 8.19. The minimum atomic E-state index is -0.374. The van der Waals surface area contributed by atoms with Crippen LogP contribution in [-0.2, 0) is 11.3 Å². The summed E-state index contributed by atoms with van der Waals surface area (Å²) in [6, 6.07) is 16.7. The van der Waals surface area contributed by atoms with E-state index in [2.05, 4.69) is 15.6 Å². The molecule has 0 bridgehead atoms. The van der Waals surface area contributed by atoms with Crippen molar-refractivity contribution in [2.45, 2.75) is 6.54 Å². The number of aromatic nitrogens is 1. The van der Waals surface area contributed by atoms with Crippen LogP contribution in [-0.4, -0.2) is 30.5 Å². The molecular weight excluding hydrogens is 330 g/mol. The highest BCUT2D eigenvalue weighted by atomic mass is 16.5. The van der Waals surface area contributed by atoms with Crippen LogP contribution in [0.15, 0.2) is 60.8 Å². The SMILES string of the molecule is COc1ccc(CNC(=O)CNC(=O)c2nccc3ccccc23)cc1. The van der Waals surface area contributed by atoms with Gasteiger partial charge in [-0.05, 0) is 29.1 Å². The summed E-state index contributed by atoms with van der Waals surface area (Å²) in [6.07, 6.45) is 1.58. The lowest BCUT2D eigenvalue weighted by molar-refractivity contribution is -0.120. The summed E-state index contributed by atoms with van der Waals surface area (Å²) in [5.41, 5.74) is 1.26. The topological polar surface area (TPSA) is 80.3 Å². The fraction of sp³-hybridized carbons (Fsp3) is 0.150. The van der Waals surface area contributed by atoms with Gasteiger partial charge in [0, 0.05) is 18.1 Å². The molecule has 3 aromatic rings. The monoisotopic (exact) mass is 349 g/mol. The van der Waals surface area contributed by atoms with Gasteiger partial charge in [-0.25, -0.2) is 0 Å². The van der Waals surface area contributed by atoms with Gasteiger partial charge in [-0.2, -0.15) is 0 Å². The average molecular weight is 349 g/mol. The van der Waals surface area contributed by atoms with E-state index in [1.807, 2.05) is 54.6 Å². The maximum absolute atomic E-state index is 12.3. The lowest BCUT2D eigenvalue weighted by Gasteiger charge is -2.08. The molecule has 2 aromatic carbocycles. The van der Waals surface area contributed by atoms with Gasteiger partial charge in [-0.3, -0.25) is 14.6 Å². The van der Waals surface area contributed by atoms with E-state index < -0.39 is 0 Å². The quantitative estimate of drug-likeness (QED) is 0.715. The highest BCUT2D eigenvalue weighted by molar-refractivity contribution is 6.05. The number of amides is 2. The number of carbonyl (C=O) groups excluding carboxylic acids is 2. The number of rotatable bonds is 6. The third-order valence-electron chi connectivity index (χ3n) is 3.95. The molecule has 26 heavy (non-hydrogen) atoms. The summed E-state index contributed by atoms with van der Waals surface area (Å²) in [6.45, 7) is 0.269. The zero-order valence-electron chi connectivity index (χ0n) is 14.4. The van der Waals surface area contributed by atoms with Crippen molar-refractivity contribution in [1.82, 2.24) is 15.6 Å². The lowest BCUT2D eigenvalue weighted by atomic mass is 10.1. The third-order valence-corrected chi connectivity index (χ3v) is 3.95. The van der Waals surface area contributed by atoms with Crippen LogP contribution >= 0.6 is 0 Å². The maximum atomic E-state index is 12.3. The summed E-state index contributed by atoms with van der Waals surface area (Å²) >= 11 is 0. The molecular formula is C20H19N3O3. The zero-order chi connectivity index (χ0) is 18.4. The molecule has 0 saturated heterocycles. The van der Waals surface area contributed by atoms with Crippen molar-refractivity contribution in [2.75, 3.05) is 13.7 Å². The number of pyridine rings is 1. The van der Waals surface area contributed by atoms with Gasteiger partial charge in [0.15, 0.2) is 0 Å². The summed E-state index contributed by atoms with van der Waals surface area (Å²) in [4.78, 5) is 28.4. The summed E-state index contributed by atoms with van der Waals surface area (Å²) in [5.74, 6) is 0.116. The number of methoxy groups -OCH3 is 1. The molecule has 1 aromatic heterocycles. The Morgan fingerprint density at radius 1 is 1.00 bits per heavy atom. The number of fused-ring (bicyclic) bond motifs is 1. The van der Waals surface area contributed by atoms with Crippen LogP contribution in [0.2, 0.25) is 0 Å². The molecule has 6 nitrogen and oxygen atoms in total. The Morgan fingerprint density at radius 3 is 2.54 bits per heavy atom. The van der Waals surface area contributed by atoms with Crippen molar-refractivity contribution in [3.63, 3.8) is 0 Å². The second kappa shape index (κ2) is 8.11. The van der Waals surface area contributed by atoms with E-state index in [-0.39, 0.29) is 18.4 Å². The molecule has 0 aliphatic heterocycles. The van der Waals surface area contributed by atoms with E-state index in [9.17, 15) is 9.59 Å². The fourth-order valence-corrected chi connectivity index (χ4v) is 2.55. The molecule has 132 valence electrons. The Labute approximate surface area is 151 Å². The molecule has 0 saturated carbocycles. The van der Waals surface area contributed by atoms with Gasteiger partial charge in [0.05, 0.1) is 13.7 Å². The Kier molecular flexibility index (Phi) is 5.43. The molecule has 0 atom stereocenters. The summed E-state index contributed by atoms with van der Waals surface area (Å²) < 4.78 is 5.09. The number of carbonyl (C=O) groups is 2. The molecule has 2 amide bonds. The van der Waals surface area contributed by atoms with Crippen molar-refractivity contribution in [1.29, 1.82) is 0 Å². The molecule has 0 unspecified atom stereocenters. The van der Waals surface area contributed by atoms with Gasteiger partial charge in [-0.15, -0.1) is 0 Å². The molecule has 1 heterocycles. The number of nitrogens with one attached hydrogen (secondary N) is 2. The van der Waals surface area contributed by atoms with E-state index in [0.29, 0.717) is 12.2 Å². The summed E-state index contributed by atoms with van der Waals surface area (Å²) in [7, 11) is 1.60. The van der Waals surface area contributed by atoms with Gasteiger partial charge >= 0.3 is 0 Å². The second-order valence-corrected chi connectivity index (χ2v) is 5.69. The Bertz CT molecular complexity index is 918. The van der Waals surface area contributed by atoms with Crippen molar-refractivity contribution in [3.05, 3.63) is 72.1 Å². The molecule has 0 radical (unpaired) electrons. The highest BCUT2D eigenvalue weighted by Gasteiger charge is 2.12. The number of hydrogen-bond donors (Lipinski definition) is 2. The number of benzene rings is 2. The smallest absolute Gasteiger partial charge is 0.270 e. The first kappa shape index (κ1) is 17.4. The molecule has 0 aliphatic rings. The van der Waals surface area contributed by atoms with Gasteiger partial charge < -0.3 is 15.4 Å². The number of ether oxygens (including phenoxy) is 1. The maximum Gasteiger partial charge on any atom is 0.270 e. The first-order valence-electron chi connectivity index (χ1n) is 8.19. The molecule has 3 rings (SSSR count). The van der Waals surface area contributed by atoms with Gasteiger partial charge in [0.2, 0.25) is 5.91 Å². The minimum absolute atomic E-state index is 0.111. The molecule has 0 spiro atoms. The Morgan fingerprint density at radius 2 is 1.77 bits per heavy atom. The predicted octanol–water partition coefficient (Wildman–Crippen LogP) is 2.29. The molecule has 0 fully saturated rings. The normalized spacial score (nSPS) is 10.3. The van der Waals surface area contributed by atoms with Gasteiger partial charge in [0.25, 0.3) is 5.91 Å². The van der Waals surface area contributed by atoms with Gasteiger partial charge in [0.1, 0.15) is 11.4 Å². The van der Waals surface area contributed by atoms with E-state index in [0.717, 1.165) is 22.1 Å². The Balaban J connectivity index is 1.54. The Hall–Kier alpha value is -3.41. The van der Waals surface area contributed by atoms with Crippen LogP contribution in [0.3, 0.4) is 0 Å². The summed E-state index contributed by atoms with van der Waals surface area (Å²) in [5, 5.41) is 7.06. The zero-order valence-corrected chi connectivity index (χ0v) is 14.4. The highest BCUT2D eigenvalue weighted by Crippen LogP contribution is 2.16. The molecule has 2 N–H and O–H groups in total. The van der Waals surface area contributed by atoms with Crippen LogP contribution in [0.1, 0.15) is 16.1 Å². The van der Waals surface area contributed by atoms with Crippen molar-refractivity contribution in [3.8, 4) is 5.75 Å². The molecule has 0 aliphatic carbocycles. The van der Waals surface area contributed by atoms with E-state index in [1.54, 1.807) is 13.3 Å².